The first-order chi connectivity index (χ1) is 15.8. The maximum atomic E-state index is 13.4. The van der Waals surface area contributed by atoms with Crippen molar-refractivity contribution < 1.29 is 14.3 Å². The van der Waals surface area contributed by atoms with Gasteiger partial charge in [-0.25, -0.2) is 9.97 Å². The van der Waals surface area contributed by atoms with E-state index in [0.717, 1.165) is 16.9 Å². The van der Waals surface area contributed by atoms with E-state index < -0.39 is 0 Å². The number of carbonyl (C=O) groups is 2. The van der Waals surface area contributed by atoms with Gasteiger partial charge in [-0.15, -0.1) is 0 Å². The third kappa shape index (κ3) is 2.75. The fraction of sp³-hybridized carbons (Fsp3) is 0.154. The van der Waals surface area contributed by atoms with E-state index in [2.05, 4.69) is 11.9 Å². The van der Waals surface area contributed by atoms with Crippen LogP contribution in [-0.4, -0.2) is 30.9 Å². The number of ether oxygens (including phenoxy) is 1. The first-order valence-electron chi connectivity index (χ1n) is 10.7. The van der Waals surface area contributed by atoms with Gasteiger partial charge in [-0.2, -0.15) is 0 Å². The molecular formula is C26H20N4O3. The Morgan fingerprint density at radius 1 is 0.818 bits per heavy atom. The number of aryl methyl sites for hydroxylation is 3. The van der Waals surface area contributed by atoms with Gasteiger partial charge in [0.25, 0.3) is 5.91 Å². The van der Waals surface area contributed by atoms with Crippen LogP contribution in [0.3, 0.4) is 0 Å². The monoisotopic (exact) mass is 436 g/mol. The van der Waals surface area contributed by atoms with E-state index in [4.69, 9.17) is 9.72 Å². The predicted octanol–water partition coefficient (Wildman–Crippen LogP) is 5.43. The number of hydrogen-bond acceptors (Lipinski definition) is 5. The lowest BCUT2D eigenvalue weighted by Crippen LogP contribution is -2.08. The number of fused-ring (bicyclic) bond motifs is 6. The second kappa shape index (κ2) is 6.62. The summed E-state index contributed by atoms with van der Waals surface area (Å²) in [7, 11) is 0. The van der Waals surface area contributed by atoms with Crippen molar-refractivity contribution in [3.05, 3.63) is 71.0 Å². The summed E-state index contributed by atoms with van der Waals surface area (Å²) in [5.41, 5.74) is 6.29. The van der Waals surface area contributed by atoms with Crippen molar-refractivity contribution in [2.75, 3.05) is 0 Å². The Labute approximate surface area is 189 Å². The molecule has 0 atom stereocenters. The van der Waals surface area contributed by atoms with Crippen molar-refractivity contribution in [3.63, 3.8) is 0 Å². The van der Waals surface area contributed by atoms with Crippen molar-refractivity contribution in [3.8, 4) is 22.9 Å². The van der Waals surface area contributed by atoms with Gasteiger partial charge in [0.2, 0.25) is 5.91 Å². The van der Waals surface area contributed by atoms with E-state index in [0.29, 0.717) is 45.0 Å². The molecule has 0 amide bonds. The van der Waals surface area contributed by atoms with Crippen LogP contribution in [0.5, 0.6) is 11.5 Å². The van der Waals surface area contributed by atoms with E-state index in [-0.39, 0.29) is 11.8 Å². The van der Waals surface area contributed by atoms with E-state index in [1.807, 2.05) is 49.4 Å². The molecule has 0 spiro atoms. The molecule has 3 aromatic carbocycles. The number of rotatable bonds is 2. The molecule has 0 aliphatic carbocycles. The molecule has 0 saturated carbocycles. The van der Waals surface area contributed by atoms with Crippen LogP contribution < -0.4 is 4.74 Å². The van der Waals surface area contributed by atoms with E-state index in [1.54, 1.807) is 22.1 Å². The van der Waals surface area contributed by atoms with E-state index in [1.165, 1.54) is 12.5 Å². The maximum Gasteiger partial charge on any atom is 0.265 e. The lowest BCUT2D eigenvalue weighted by molar-refractivity contribution is 0.0937. The van der Waals surface area contributed by atoms with Gasteiger partial charge in [0.1, 0.15) is 23.1 Å². The third-order valence-electron chi connectivity index (χ3n) is 6.29. The molecule has 1 aliphatic rings. The lowest BCUT2D eigenvalue weighted by atomic mass is 10.1. The van der Waals surface area contributed by atoms with Gasteiger partial charge in [0.15, 0.2) is 0 Å². The Bertz CT molecular complexity index is 1670. The van der Waals surface area contributed by atoms with Crippen molar-refractivity contribution in [1.29, 1.82) is 0 Å². The fourth-order valence-corrected chi connectivity index (χ4v) is 4.55. The highest BCUT2D eigenvalue weighted by Crippen LogP contribution is 2.38. The third-order valence-corrected chi connectivity index (χ3v) is 6.29. The van der Waals surface area contributed by atoms with Crippen LogP contribution in [0.15, 0.2) is 48.5 Å². The van der Waals surface area contributed by atoms with Crippen LogP contribution in [0.1, 0.15) is 39.0 Å². The number of benzene rings is 3. The van der Waals surface area contributed by atoms with Crippen molar-refractivity contribution in [2.24, 2.45) is 0 Å². The SMILES string of the molecule is CC(=O)n1c(C)nc2cc3nc4n(c3cc21)C(=O)c1cc(Oc2ccc(C)c(C)c2)ccc1-4. The molecule has 0 fully saturated rings. The first-order valence-corrected chi connectivity index (χ1v) is 10.7. The van der Waals surface area contributed by atoms with Crippen molar-refractivity contribution >= 4 is 33.9 Å². The topological polar surface area (TPSA) is 79.0 Å². The highest BCUT2D eigenvalue weighted by Gasteiger charge is 2.31. The summed E-state index contributed by atoms with van der Waals surface area (Å²) in [5, 5.41) is 0. The standard InChI is InChI=1S/C26H20N4O3/c1-13-5-6-17(9-14(13)2)33-18-7-8-19-20(10-18)26(32)30-24-12-23-21(11-22(24)28-25(19)30)27-15(3)29(23)16(4)31/h5-12H,1-4H3. The van der Waals surface area contributed by atoms with E-state index >= 15 is 0 Å². The van der Waals surface area contributed by atoms with Crippen molar-refractivity contribution in [2.45, 2.75) is 27.7 Å². The second-order valence-corrected chi connectivity index (χ2v) is 8.47. The molecule has 7 heteroatoms. The van der Waals surface area contributed by atoms with Crippen LogP contribution in [0.25, 0.3) is 33.5 Å². The summed E-state index contributed by atoms with van der Waals surface area (Å²) in [6.07, 6.45) is 0. The largest absolute Gasteiger partial charge is 0.457 e. The second-order valence-electron chi connectivity index (χ2n) is 8.47. The minimum atomic E-state index is -0.169. The highest BCUT2D eigenvalue weighted by atomic mass is 16.5. The minimum absolute atomic E-state index is 0.127. The molecule has 0 saturated heterocycles. The summed E-state index contributed by atoms with van der Waals surface area (Å²) < 4.78 is 9.18. The van der Waals surface area contributed by atoms with Crippen LogP contribution in [0.4, 0.5) is 0 Å². The number of nitrogens with zero attached hydrogens (tertiary/aromatic N) is 4. The Morgan fingerprint density at radius 3 is 2.30 bits per heavy atom. The highest BCUT2D eigenvalue weighted by molar-refractivity contribution is 6.14. The molecule has 1 aliphatic heterocycles. The number of aromatic nitrogens is 4. The van der Waals surface area contributed by atoms with Gasteiger partial charge >= 0.3 is 0 Å². The predicted molar refractivity (Wildman–Crippen MR) is 125 cm³/mol. The zero-order chi connectivity index (χ0) is 23.0. The molecule has 0 N–H and O–H groups in total. The van der Waals surface area contributed by atoms with Gasteiger partial charge in [-0.05, 0) is 74.4 Å². The van der Waals surface area contributed by atoms with Gasteiger partial charge in [0.05, 0.1) is 27.6 Å². The Morgan fingerprint density at radius 2 is 1.55 bits per heavy atom. The van der Waals surface area contributed by atoms with Crippen LogP contribution in [-0.2, 0) is 0 Å². The van der Waals surface area contributed by atoms with Crippen molar-refractivity contribution in [1.82, 2.24) is 19.1 Å². The van der Waals surface area contributed by atoms with Gasteiger partial charge in [-0.3, -0.25) is 18.7 Å². The van der Waals surface area contributed by atoms with Crippen LogP contribution in [0.2, 0.25) is 0 Å². The molecule has 3 heterocycles. The molecular weight excluding hydrogens is 416 g/mol. The smallest absolute Gasteiger partial charge is 0.265 e. The Kier molecular flexibility index (Phi) is 3.90. The molecule has 2 aromatic heterocycles. The summed E-state index contributed by atoms with van der Waals surface area (Å²) in [6, 6.07) is 15.0. The molecule has 5 aromatic rings. The molecule has 0 unspecified atom stereocenters. The number of imidazole rings is 2. The quantitative estimate of drug-likeness (QED) is 0.361. The number of carbonyl (C=O) groups excluding carboxylic acids is 2. The lowest BCUT2D eigenvalue weighted by Gasteiger charge is -2.09. The van der Waals surface area contributed by atoms with Crippen LogP contribution in [0, 0.1) is 20.8 Å². The molecule has 33 heavy (non-hydrogen) atoms. The normalized spacial score (nSPS) is 12.4. The Hall–Kier alpha value is -4.26. The average Bonchev–Trinajstić information content (AvgIpc) is 3.38. The zero-order valence-electron chi connectivity index (χ0n) is 18.6. The zero-order valence-corrected chi connectivity index (χ0v) is 18.6. The summed E-state index contributed by atoms with van der Waals surface area (Å²) in [4.78, 5) is 34.7. The molecule has 6 rings (SSSR count). The summed E-state index contributed by atoms with van der Waals surface area (Å²) in [6.45, 7) is 7.37. The average molecular weight is 436 g/mol. The van der Waals surface area contributed by atoms with Gasteiger partial charge in [0, 0.05) is 12.5 Å². The van der Waals surface area contributed by atoms with Gasteiger partial charge in [-0.1, -0.05) is 6.07 Å². The molecule has 0 bridgehead atoms. The molecule has 162 valence electrons. The summed E-state index contributed by atoms with van der Waals surface area (Å²) in [5.74, 6) is 2.21. The van der Waals surface area contributed by atoms with Crippen LogP contribution >= 0.6 is 0 Å². The van der Waals surface area contributed by atoms with E-state index in [9.17, 15) is 9.59 Å². The maximum absolute atomic E-state index is 13.4. The molecule has 0 radical (unpaired) electrons. The van der Waals surface area contributed by atoms with Gasteiger partial charge < -0.3 is 4.74 Å². The minimum Gasteiger partial charge on any atom is -0.457 e. The number of hydrogen-bond donors (Lipinski definition) is 0. The summed E-state index contributed by atoms with van der Waals surface area (Å²) >= 11 is 0. The fourth-order valence-electron chi connectivity index (χ4n) is 4.55. The molecule has 7 nitrogen and oxygen atoms in total. The Balaban J connectivity index is 1.46. The first kappa shape index (κ1) is 19.4.